The van der Waals surface area contributed by atoms with Crippen molar-refractivity contribution in [3.05, 3.63) is 46.1 Å². The van der Waals surface area contributed by atoms with Crippen molar-refractivity contribution in [2.45, 2.75) is 25.4 Å². The number of nitro groups is 1. The summed E-state index contributed by atoms with van der Waals surface area (Å²) in [4.78, 5) is 33.6. The van der Waals surface area contributed by atoms with Crippen molar-refractivity contribution < 1.29 is 19.6 Å². The highest BCUT2D eigenvalue weighted by molar-refractivity contribution is 6.04. The Morgan fingerprint density at radius 2 is 2.12 bits per heavy atom. The van der Waals surface area contributed by atoms with Crippen LogP contribution in [0.15, 0.2) is 30.5 Å². The van der Waals surface area contributed by atoms with E-state index in [4.69, 9.17) is 5.11 Å². The fourth-order valence-electron chi connectivity index (χ4n) is 2.24. The number of nitrogens with zero attached hydrogens (tertiary/aromatic N) is 3. The van der Waals surface area contributed by atoms with Gasteiger partial charge in [0, 0.05) is 29.9 Å². The second kappa shape index (κ2) is 6.59. The molecule has 1 fully saturated rings. The summed E-state index contributed by atoms with van der Waals surface area (Å²) in [6.07, 6.45) is 3.35. The molecule has 0 bridgehead atoms. The number of carboxylic acid groups (broad SMARTS) is 1. The molecule has 1 aromatic heterocycles. The van der Waals surface area contributed by atoms with Gasteiger partial charge in [0.15, 0.2) is 5.82 Å². The third kappa shape index (κ3) is 4.10. The zero-order valence-electron chi connectivity index (χ0n) is 13.0. The zero-order valence-corrected chi connectivity index (χ0v) is 13.0. The molecule has 3 rings (SSSR count). The highest BCUT2D eigenvalue weighted by Gasteiger charge is 2.25. The van der Waals surface area contributed by atoms with E-state index in [2.05, 4.69) is 15.7 Å². The van der Waals surface area contributed by atoms with Gasteiger partial charge < -0.3 is 15.7 Å². The van der Waals surface area contributed by atoms with Crippen LogP contribution in [0.3, 0.4) is 0 Å². The number of anilines is 2. The molecule has 1 saturated carbocycles. The van der Waals surface area contributed by atoms with Crippen LogP contribution in [-0.2, 0) is 11.3 Å². The third-order valence-electron chi connectivity index (χ3n) is 3.57. The molecule has 1 aliphatic carbocycles. The van der Waals surface area contributed by atoms with E-state index in [1.807, 2.05) is 0 Å². The molecule has 1 aromatic carbocycles. The molecule has 130 valence electrons. The number of nitro benzene ring substituents is 1. The Kier molecular flexibility index (Phi) is 4.33. The first-order chi connectivity index (χ1) is 11.9. The predicted molar refractivity (Wildman–Crippen MR) is 87.6 cm³/mol. The van der Waals surface area contributed by atoms with Crippen LogP contribution in [-0.4, -0.2) is 37.7 Å². The van der Waals surface area contributed by atoms with Gasteiger partial charge in [-0.25, -0.2) is 0 Å². The van der Waals surface area contributed by atoms with Crippen molar-refractivity contribution >= 4 is 29.1 Å². The van der Waals surface area contributed by atoms with Crippen molar-refractivity contribution in [2.24, 2.45) is 0 Å². The fourth-order valence-corrected chi connectivity index (χ4v) is 2.24. The van der Waals surface area contributed by atoms with Gasteiger partial charge >= 0.3 is 5.97 Å². The van der Waals surface area contributed by atoms with Crippen molar-refractivity contribution in [3.8, 4) is 0 Å². The molecular weight excluding hydrogens is 330 g/mol. The summed E-state index contributed by atoms with van der Waals surface area (Å²) >= 11 is 0. The Morgan fingerprint density at radius 3 is 2.76 bits per heavy atom. The Labute approximate surface area is 141 Å². The number of benzene rings is 1. The second-order valence-corrected chi connectivity index (χ2v) is 5.65. The Bertz CT molecular complexity index is 843. The van der Waals surface area contributed by atoms with Crippen LogP contribution in [0.2, 0.25) is 0 Å². The normalized spacial score (nSPS) is 13.3. The third-order valence-corrected chi connectivity index (χ3v) is 3.57. The summed E-state index contributed by atoms with van der Waals surface area (Å²) in [7, 11) is 0. The molecule has 0 unspecified atom stereocenters. The highest BCUT2D eigenvalue weighted by atomic mass is 16.6. The van der Waals surface area contributed by atoms with Crippen LogP contribution in [0.25, 0.3) is 0 Å². The highest BCUT2D eigenvalue weighted by Crippen LogP contribution is 2.31. The molecule has 3 N–H and O–H groups in total. The molecule has 2 aromatic rings. The predicted octanol–water partition coefficient (Wildman–Crippen LogP) is 1.70. The van der Waals surface area contributed by atoms with Crippen LogP contribution in [0, 0.1) is 10.1 Å². The van der Waals surface area contributed by atoms with E-state index in [-0.39, 0.29) is 29.7 Å². The van der Waals surface area contributed by atoms with Gasteiger partial charge in [0.1, 0.15) is 12.2 Å². The summed E-state index contributed by atoms with van der Waals surface area (Å²) in [5.74, 6) is -1.47. The largest absolute Gasteiger partial charge is 0.480 e. The molecule has 10 heteroatoms. The maximum atomic E-state index is 12.2. The maximum Gasteiger partial charge on any atom is 0.325 e. The van der Waals surface area contributed by atoms with Crippen molar-refractivity contribution in [3.63, 3.8) is 0 Å². The molecule has 10 nitrogen and oxygen atoms in total. The molecule has 0 atom stereocenters. The summed E-state index contributed by atoms with van der Waals surface area (Å²) in [5.41, 5.74) is 0.326. The zero-order chi connectivity index (χ0) is 18.0. The average molecular weight is 345 g/mol. The Balaban J connectivity index is 1.74. The number of hydrogen-bond acceptors (Lipinski definition) is 6. The number of hydrogen-bond donors (Lipinski definition) is 3. The number of aromatic nitrogens is 2. The fraction of sp³-hybridized carbons (Fsp3) is 0.267. The number of carbonyl (C=O) groups excluding carboxylic acids is 1. The first kappa shape index (κ1) is 16.4. The summed E-state index contributed by atoms with van der Waals surface area (Å²) in [5, 5.41) is 29.4. The quantitative estimate of drug-likeness (QED) is 0.512. The maximum absolute atomic E-state index is 12.2. The average Bonchev–Trinajstić information content (AvgIpc) is 3.26. The molecule has 1 amide bonds. The van der Waals surface area contributed by atoms with Gasteiger partial charge in [-0.05, 0) is 25.0 Å². The molecule has 25 heavy (non-hydrogen) atoms. The molecule has 0 radical (unpaired) electrons. The molecule has 1 aliphatic rings. The SMILES string of the molecule is O=C(O)Cn1ccc(NC(=O)c2ccc(NC3CC3)c([N+](=O)[O-])c2)n1. The molecule has 1 heterocycles. The lowest BCUT2D eigenvalue weighted by Crippen LogP contribution is -2.14. The van der Waals surface area contributed by atoms with Gasteiger partial charge in [0.2, 0.25) is 0 Å². The van der Waals surface area contributed by atoms with Crippen LogP contribution >= 0.6 is 0 Å². The minimum absolute atomic E-state index is 0.112. The van der Waals surface area contributed by atoms with Crippen molar-refractivity contribution in [2.75, 3.05) is 10.6 Å². The van der Waals surface area contributed by atoms with Gasteiger partial charge in [-0.1, -0.05) is 0 Å². The second-order valence-electron chi connectivity index (χ2n) is 5.65. The van der Waals surface area contributed by atoms with Gasteiger partial charge in [-0.3, -0.25) is 24.4 Å². The minimum atomic E-state index is -1.06. The van der Waals surface area contributed by atoms with E-state index >= 15 is 0 Å². The van der Waals surface area contributed by atoms with Gasteiger partial charge in [-0.15, -0.1) is 0 Å². The van der Waals surface area contributed by atoms with Gasteiger partial charge in [0.05, 0.1) is 4.92 Å². The number of carboxylic acids is 1. The van der Waals surface area contributed by atoms with Crippen LogP contribution in [0.5, 0.6) is 0 Å². The first-order valence-corrected chi connectivity index (χ1v) is 7.54. The first-order valence-electron chi connectivity index (χ1n) is 7.54. The Morgan fingerprint density at radius 1 is 1.36 bits per heavy atom. The van der Waals surface area contributed by atoms with Crippen molar-refractivity contribution in [1.82, 2.24) is 9.78 Å². The van der Waals surface area contributed by atoms with Crippen molar-refractivity contribution in [1.29, 1.82) is 0 Å². The number of amides is 1. The van der Waals surface area contributed by atoms with E-state index in [0.29, 0.717) is 5.69 Å². The number of carbonyl (C=O) groups is 2. The van der Waals surface area contributed by atoms with E-state index in [0.717, 1.165) is 17.5 Å². The number of rotatable bonds is 7. The topological polar surface area (TPSA) is 139 Å². The minimum Gasteiger partial charge on any atom is -0.480 e. The molecular formula is C15H15N5O5. The van der Waals surface area contributed by atoms with Crippen LogP contribution < -0.4 is 10.6 Å². The standard InChI is InChI=1S/C15H15N5O5/c21-14(22)8-19-6-5-13(18-19)17-15(23)9-1-4-11(16-10-2-3-10)12(7-9)20(24)25/h1,4-7,10,16H,2-3,8H2,(H,21,22)(H,17,18,23). The lowest BCUT2D eigenvalue weighted by molar-refractivity contribution is -0.384. The van der Waals surface area contributed by atoms with Gasteiger partial charge in [0.25, 0.3) is 11.6 Å². The lowest BCUT2D eigenvalue weighted by Gasteiger charge is -2.07. The number of aliphatic carboxylic acids is 1. The summed E-state index contributed by atoms with van der Waals surface area (Å²) in [6.45, 7) is -0.330. The smallest absolute Gasteiger partial charge is 0.325 e. The molecule has 0 spiro atoms. The van der Waals surface area contributed by atoms with E-state index in [1.54, 1.807) is 0 Å². The summed E-state index contributed by atoms with van der Waals surface area (Å²) in [6, 6.07) is 5.89. The van der Waals surface area contributed by atoms with E-state index in [1.165, 1.54) is 30.5 Å². The lowest BCUT2D eigenvalue weighted by atomic mass is 10.1. The molecule has 0 saturated heterocycles. The number of nitrogens with one attached hydrogen (secondary N) is 2. The van der Waals surface area contributed by atoms with E-state index in [9.17, 15) is 19.7 Å². The van der Waals surface area contributed by atoms with Crippen LogP contribution in [0.1, 0.15) is 23.2 Å². The van der Waals surface area contributed by atoms with Crippen LogP contribution in [0.4, 0.5) is 17.2 Å². The Hall–Kier alpha value is -3.43. The van der Waals surface area contributed by atoms with E-state index < -0.39 is 16.8 Å². The van der Waals surface area contributed by atoms with Gasteiger partial charge in [-0.2, -0.15) is 5.10 Å². The summed E-state index contributed by atoms with van der Waals surface area (Å²) < 4.78 is 1.16. The molecule has 0 aliphatic heterocycles. The monoisotopic (exact) mass is 345 g/mol.